The lowest BCUT2D eigenvalue weighted by Gasteiger charge is -2.17. The van der Waals surface area contributed by atoms with E-state index in [1.807, 2.05) is 25.3 Å². The summed E-state index contributed by atoms with van der Waals surface area (Å²) in [6, 6.07) is 13.5. The van der Waals surface area contributed by atoms with E-state index in [0.717, 1.165) is 12.0 Å². The van der Waals surface area contributed by atoms with Gasteiger partial charge in [-0.2, -0.15) is 5.10 Å². The van der Waals surface area contributed by atoms with Gasteiger partial charge in [0.1, 0.15) is 5.76 Å². The average molecular weight is 323 g/mol. The number of carbonyl (C=O) groups is 1. The normalized spacial score (nSPS) is 12.1. The number of aryl methyl sites for hydroxylation is 1. The Morgan fingerprint density at radius 1 is 1.25 bits per heavy atom. The number of hydrogen-bond donors (Lipinski definition) is 1. The molecular formula is C19H21N3O2. The zero-order chi connectivity index (χ0) is 16.9. The van der Waals surface area contributed by atoms with Gasteiger partial charge in [0.05, 0.1) is 12.6 Å². The highest BCUT2D eigenvalue weighted by Gasteiger charge is 2.17. The Hall–Kier alpha value is -2.82. The van der Waals surface area contributed by atoms with Crippen molar-refractivity contribution in [1.82, 2.24) is 15.1 Å². The van der Waals surface area contributed by atoms with Crippen molar-refractivity contribution in [1.29, 1.82) is 0 Å². The molecule has 0 aliphatic carbocycles. The maximum Gasteiger partial charge on any atom is 0.287 e. The number of carbonyl (C=O) groups excluding carboxylic acids is 1. The van der Waals surface area contributed by atoms with Crippen LogP contribution in [0, 0.1) is 6.92 Å². The summed E-state index contributed by atoms with van der Waals surface area (Å²) in [4.78, 5) is 12.4. The maximum atomic E-state index is 12.4. The molecule has 0 saturated carbocycles. The van der Waals surface area contributed by atoms with Crippen molar-refractivity contribution in [2.45, 2.75) is 32.9 Å². The standard InChI is InChI=1S/C19H21N3O2/c1-3-17(15-7-5-14(2)6-8-15)21-19(23)18-10-9-16(24-18)13-22-12-4-11-20-22/h4-12,17H,3,13H2,1-2H3,(H,21,23). The molecule has 0 fully saturated rings. The van der Waals surface area contributed by atoms with Crippen LogP contribution in [0.4, 0.5) is 0 Å². The van der Waals surface area contributed by atoms with Crippen molar-refractivity contribution in [3.63, 3.8) is 0 Å². The van der Waals surface area contributed by atoms with E-state index in [1.165, 1.54) is 5.56 Å². The molecule has 0 aliphatic rings. The van der Waals surface area contributed by atoms with E-state index in [9.17, 15) is 4.79 Å². The number of rotatable bonds is 6. The zero-order valence-corrected chi connectivity index (χ0v) is 13.9. The molecule has 0 spiro atoms. The molecule has 24 heavy (non-hydrogen) atoms. The number of hydrogen-bond acceptors (Lipinski definition) is 3. The lowest BCUT2D eigenvalue weighted by molar-refractivity contribution is 0.0905. The summed E-state index contributed by atoms with van der Waals surface area (Å²) in [5, 5.41) is 7.17. The number of benzene rings is 1. The molecule has 3 rings (SSSR count). The SMILES string of the molecule is CCC(NC(=O)c1ccc(Cn2cccn2)o1)c1ccc(C)cc1. The average Bonchev–Trinajstić information content (AvgIpc) is 3.26. The van der Waals surface area contributed by atoms with E-state index in [4.69, 9.17) is 4.42 Å². The molecule has 0 radical (unpaired) electrons. The highest BCUT2D eigenvalue weighted by atomic mass is 16.4. The van der Waals surface area contributed by atoms with Crippen LogP contribution in [0.2, 0.25) is 0 Å². The van der Waals surface area contributed by atoms with E-state index in [2.05, 4.69) is 41.6 Å². The Balaban J connectivity index is 1.67. The van der Waals surface area contributed by atoms with Crippen molar-refractivity contribution < 1.29 is 9.21 Å². The Bertz CT molecular complexity index is 788. The van der Waals surface area contributed by atoms with Gasteiger partial charge in [-0.1, -0.05) is 36.8 Å². The Kier molecular flexibility index (Phi) is 4.79. The van der Waals surface area contributed by atoms with Gasteiger partial charge in [0, 0.05) is 12.4 Å². The number of nitrogens with one attached hydrogen (secondary N) is 1. The molecule has 2 aromatic heterocycles. The predicted molar refractivity (Wildman–Crippen MR) is 91.7 cm³/mol. The molecule has 0 aliphatic heterocycles. The lowest BCUT2D eigenvalue weighted by Crippen LogP contribution is -2.27. The molecule has 2 heterocycles. The molecule has 1 N–H and O–H groups in total. The van der Waals surface area contributed by atoms with Crippen LogP contribution >= 0.6 is 0 Å². The van der Waals surface area contributed by atoms with E-state index >= 15 is 0 Å². The molecule has 1 amide bonds. The Morgan fingerprint density at radius 2 is 2.04 bits per heavy atom. The molecule has 0 saturated heterocycles. The van der Waals surface area contributed by atoms with Crippen molar-refractivity contribution in [3.05, 3.63) is 77.5 Å². The summed E-state index contributed by atoms with van der Waals surface area (Å²) in [6.07, 6.45) is 4.38. The van der Waals surface area contributed by atoms with Crippen LogP contribution in [0.3, 0.4) is 0 Å². The van der Waals surface area contributed by atoms with Crippen molar-refractivity contribution >= 4 is 5.91 Å². The van der Waals surface area contributed by atoms with Crippen LogP contribution in [0.15, 0.2) is 59.3 Å². The first-order valence-electron chi connectivity index (χ1n) is 8.09. The van der Waals surface area contributed by atoms with E-state index < -0.39 is 0 Å². The zero-order valence-electron chi connectivity index (χ0n) is 13.9. The van der Waals surface area contributed by atoms with Gasteiger partial charge in [0.2, 0.25) is 0 Å². The third-order valence-electron chi connectivity index (χ3n) is 3.96. The van der Waals surface area contributed by atoms with Crippen LogP contribution in [0.5, 0.6) is 0 Å². The number of aromatic nitrogens is 2. The highest BCUT2D eigenvalue weighted by Crippen LogP contribution is 2.18. The summed E-state index contributed by atoms with van der Waals surface area (Å²) in [5.41, 5.74) is 2.30. The summed E-state index contributed by atoms with van der Waals surface area (Å²) < 4.78 is 7.40. The summed E-state index contributed by atoms with van der Waals surface area (Å²) in [7, 11) is 0. The Labute approximate surface area is 141 Å². The van der Waals surface area contributed by atoms with Gasteiger partial charge in [0.25, 0.3) is 5.91 Å². The molecule has 5 nitrogen and oxygen atoms in total. The van der Waals surface area contributed by atoms with Gasteiger partial charge in [-0.3, -0.25) is 9.48 Å². The fourth-order valence-corrected chi connectivity index (χ4v) is 2.59. The largest absolute Gasteiger partial charge is 0.454 e. The third-order valence-corrected chi connectivity index (χ3v) is 3.96. The number of nitrogens with zero attached hydrogens (tertiary/aromatic N) is 2. The minimum absolute atomic E-state index is 0.0298. The van der Waals surface area contributed by atoms with Crippen LogP contribution in [0.25, 0.3) is 0 Å². The topological polar surface area (TPSA) is 60.1 Å². The van der Waals surface area contributed by atoms with Gasteiger partial charge >= 0.3 is 0 Å². The van der Waals surface area contributed by atoms with Crippen LogP contribution < -0.4 is 5.32 Å². The first-order chi connectivity index (χ1) is 11.7. The molecule has 5 heteroatoms. The molecule has 0 bridgehead atoms. The quantitative estimate of drug-likeness (QED) is 0.752. The highest BCUT2D eigenvalue weighted by molar-refractivity contribution is 5.91. The Morgan fingerprint density at radius 3 is 2.71 bits per heavy atom. The molecule has 1 atom stereocenters. The van der Waals surface area contributed by atoms with Gasteiger partial charge in [-0.15, -0.1) is 0 Å². The summed E-state index contributed by atoms with van der Waals surface area (Å²) >= 11 is 0. The van der Waals surface area contributed by atoms with Gasteiger partial charge in [0.15, 0.2) is 5.76 Å². The van der Waals surface area contributed by atoms with Crippen LogP contribution in [-0.4, -0.2) is 15.7 Å². The maximum absolute atomic E-state index is 12.4. The second-order valence-electron chi connectivity index (χ2n) is 5.81. The molecule has 3 aromatic rings. The fourth-order valence-electron chi connectivity index (χ4n) is 2.59. The predicted octanol–water partition coefficient (Wildman–Crippen LogP) is 3.71. The number of furan rings is 1. The van der Waals surface area contributed by atoms with Gasteiger partial charge < -0.3 is 9.73 Å². The molecule has 1 unspecified atom stereocenters. The fraction of sp³-hybridized carbons (Fsp3) is 0.263. The van der Waals surface area contributed by atoms with Crippen molar-refractivity contribution in [2.24, 2.45) is 0 Å². The third kappa shape index (κ3) is 3.74. The van der Waals surface area contributed by atoms with E-state index in [1.54, 1.807) is 16.9 Å². The van der Waals surface area contributed by atoms with Gasteiger partial charge in [-0.05, 0) is 37.1 Å². The molecule has 124 valence electrons. The second-order valence-corrected chi connectivity index (χ2v) is 5.81. The molecular weight excluding hydrogens is 302 g/mol. The summed E-state index contributed by atoms with van der Waals surface area (Å²) in [6.45, 7) is 4.61. The van der Waals surface area contributed by atoms with Crippen molar-refractivity contribution in [3.8, 4) is 0 Å². The first kappa shape index (κ1) is 16.1. The second kappa shape index (κ2) is 7.17. The minimum atomic E-state index is -0.200. The summed E-state index contributed by atoms with van der Waals surface area (Å²) in [5.74, 6) is 0.823. The monoisotopic (exact) mass is 323 g/mol. The molecule has 1 aromatic carbocycles. The minimum Gasteiger partial charge on any atom is -0.454 e. The van der Waals surface area contributed by atoms with Gasteiger partial charge in [-0.25, -0.2) is 0 Å². The first-order valence-corrected chi connectivity index (χ1v) is 8.09. The van der Waals surface area contributed by atoms with Crippen LogP contribution in [-0.2, 0) is 6.54 Å². The van der Waals surface area contributed by atoms with Crippen LogP contribution in [0.1, 0.15) is 46.8 Å². The van der Waals surface area contributed by atoms with Crippen molar-refractivity contribution in [2.75, 3.05) is 0 Å². The smallest absolute Gasteiger partial charge is 0.287 e. The van der Waals surface area contributed by atoms with E-state index in [0.29, 0.717) is 18.1 Å². The number of amides is 1. The van der Waals surface area contributed by atoms with E-state index in [-0.39, 0.29) is 11.9 Å². The lowest BCUT2D eigenvalue weighted by atomic mass is 10.0.